The second kappa shape index (κ2) is 4.73. The third kappa shape index (κ3) is 2.58. The fraction of sp³-hybridized carbons (Fsp3) is 1.00. The van der Waals surface area contributed by atoms with E-state index >= 15 is 0 Å². The average molecular weight is 264 g/mol. The van der Waals surface area contributed by atoms with Gasteiger partial charge in [-0.25, -0.2) is 0 Å². The van der Waals surface area contributed by atoms with E-state index in [-0.39, 0.29) is 0 Å². The standard InChI is InChI=1S/C17H32N2/c1-12(2)18-10-16(11-18)19-8-13-6-15(17(3,4)5)7-14(13)9-19/h12-16H,6-11H2,1-5H3/t13-,14-/m0/s1. The van der Waals surface area contributed by atoms with Gasteiger partial charge in [0.1, 0.15) is 0 Å². The number of rotatable bonds is 2. The van der Waals surface area contributed by atoms with Crippen molar-refractivity contribution in [1.82, 2.24) is 9.80 Å². The second-order valence-corrected chi connectivity index (χ2v) is 8.71. The Morgan fingerprint density at radius 2 is 1.42 bits per heavy atom. The molecule has 3 fully saturated rings. The smallest absolute Gasteiger partial charge is 0.0350 e. The van der Waals surface area contributed by atoms with E-state index in [0.717, 1.165) is 29.8 Å². The predicted octanol–water partition coefficient (Wildman–Crippen LogP) is 3.08. The Kier molecular flexibility index (Phi) is 3.46. The largest absolute Gasteiger partial charge is 0.298 e. The molecule has 0 unspecified atom stereocenters. The van der Waals surface area contributed by atoms with Crippen molar-refractivity contribution in [3.63, 3.8) is 0 Å². The van der Waals surface area contributed by atoms with Crippen LogP contribution in [0, 0.1) is 23.2 Å². The molecule has 0 N–H and O–H groups in total. The quantitative estimate of drug-likeness (QED) is 0.756. The molecule has 2 nitrogen and oxygen atoms in total. The highest BCUT2D eigenvalue weighted by molar-refractivity contribution is 5.00. The molecule has 1 aliphatic carbocycles. The van der Waals surface area contributed by atoms with Crippen molar-refractivity contribution in [2.24, 2.45) is 23.2 Å². The Bertz CT molecular complexity index is 311. The Morgan fingerprint density at radius 3 is 1.84 bits per heavy atom. The van der Waals surface area contributed by atoms with E-state index in [1.54, 1.807) is 0 Å². The van der Waals surface area contributed by atoms with E-state index in [1.807, 2.05) is 0 Å². The first-order valence-electron chi connectivity index (χ1n) is 8.32. The molecule has 110 valence electrons. The molecule has 0 aromatic carbocycles. The summed E-state index contributed by atoms with van der Waals surface area (Å²) >= 11 is 0. The summed E-state index contributed by atoms with van der Waals surface area (Å²) in [5.74, 6) is 2.99. The molecule has 2 aliphatic heterocycles. The lowest BCUT2D eigenvalue weighted by Gasteiger charge is -2.46. The van der Waals surface area contributed by atoms with Crippen LogP contribution in [-0.4, -0.2) is 48.1 Å². The summed E-state index contributed by atoms with van der Waals surface area (Å²) in [5.41, 5.74) is 0.528. The van der Waals surface area contributed by atoms with Crippen LogP contribution in [0.1, 0.15) is 47.5 Å². The number of hydrogen-bond donors (Lipinski definition) is 0. The summed E-state index contributed by atoms with van der Waals surface area (Å²) in [7, 11) is 0. The number of hydrogen-bond acceptors (Lipinski definition) is 2. The third-order valence-electron chi connectivity index (χ3n) is 6.14. The summed E-state index contributed by atoms with van der Waals surface area (Å²) < 4.78 is 0. The molecule has 19 heavy (non-hydrogen) atoms. The van der Waals surface area contributed by atoms with Crippen LogP contribution >= 0.6 is 0 Å². The first kappa shape index (κ1) is 13.9. The maximum Gasteiger partial charge on any atom is 0.0350 e. The van der Waals surface area contributed by atoms with Gasteiger partial charge in [-0.1, -0.05) is 20.8 Å². The van der Waals surface area contributed by atoms with Crippen molar-refractivity contribution < 1.29 is 0 Å². The maximum absolute atomic E-state index is 2.81. The highest BCUT2D eigenvalue weighted by Gasteiger charge is 2.47. The average Bonchev–Trinajstić information content (AvgIpc) is 2.69. The minimum Gasteiger partial charge on any atom is -0.298 e. The highest BCUT2D eigenvalue weighted by atomic mass is 15.3. The zero-order valence-corrected chi connectivity index (χ0v) is 13.5. The Hall–Kier alpha value is -0.0800. The zero-order chi connectivity index (χ0) is 13.8. The summed E-state index contributed by atoms with van der Waals surface area (Å²) in [4.78, 5) is 5.42. The molecule has 2 heterocycles. The zero-order valence-electron chi connectivity index (χ0n) is 13.5. The molecule has 1 saturated carbocycles. The summed E-state index contributed by atoms with van der Waals surface area (Å²) in [6, 6.07) is 1.62. The van der Waals surface area contributed by atoms with Crippen LogP contribution in [0.25, 0.3) is 0 Å². The van der Waals surface area contributed by atoms with Gasteiger partial charge in [-0.15, -0.1) is 0 Å². The van der Waals surface area contributed by atoms with E-state index in [0.29, 0.717) is 5.41 Å². The van der Waals surface area contributed by atoms with Crippen LogP contribution in [0.15, 0.2) is 0 Å². The summed E-state index contributed by atoms with van der Waals surface area (Å²) in [6.45, 7) is 17.4. The van der Waals surface area contributed by atoms with Crippen molar-refractivity contribution >= 4 is 0 Å². The van der Waals surface area contributed by atoms with E-state index in [4.69, 9.17) is 0 Å². The molecule has 2 saturated heterocycles. The Morgan fingerprint density at radius 1 is 0.895 bits per heavy atom. The van der Waals surface area contributed by atoms with E-state index in [1.165, 1.54) is 39.0 Å². The first-order chi connectivity index (χ1) is 8.84. The third-order valence-corrected chi connectivity index (χ3v) is 6.14. The molecule has 0 radical (unpaired) electrons. The van der Waals surface area contributed by atoms with Crippen LogP contribution < -0.4 is 0 Å². The number of nitrogens with zero attached hydrogens (tertiary/aromatic N) is 2. The molecule has 3 aliphatic rings. The monoisotopic (exact) mass is 264 g/mol. The van der Waals surface area contributed by atoms with Crippen LogP contribution in [-0.2, 0) is 0 Å². The van der Waals surface area contributed by atoms with Gasteiger partial charge >= 0.3 is 0 Å². The fourth-order valence-corrected chi connectivity index (χ4v) is 4.48. The van der Waals surface area contributed by atoms with Crippen molar-refractivity contribution in [3.05, 3.63) is 0 Å². The van der Waals surface area contributed by atoms with Crippen LogP contribution in [0.4, 0.5) is 0 Å². The van der Waals surface area contributed by atoms with Crippen molar-refractivity contribution in [1.29, 1.82) is 0 Å². The fourth-order valence-electron chi connectivity index (χ4n) is 4.48. The van der Waals surface area contributed by atoms with Gasteiger partial charge in [0.2, 0.25) is 0 Å². The lowest BCUT2D eigenvalue weighted by atomic mass is 9.79. The molecule has 0 spiro atoms. The molecule has 0 amide bonds. The molecule has 0 aromatic rings. The van der Waals surface area contributed by atoms with Gasteiger partial charge in [0, 0.05) is 38.3 Å². The van der Waals surface area contributed by atoms with Crippen molar-refractivity contribution in [2.75, 3.05) is 26.2 Å². The SMILES string of the molecule is CC(C)N1CC(N2C[C@@H]3CC(C(C)(C)C)C[C@H]3C2)C1. The number of fused-ring (bicyclic) bond motifs is 1. The maximum atomic E-state index is 2.81. The Labute approximate surface area is 119 Å². The lowest BCUT2D eigenvalue weighted by molar-refractivity contribution is 0.0202. The van der Waals surface area contributed by atoms with Crippen LogP contribution in [0.2, 0.25) is 0 Å². The number of likely N-dealkylation sites (tertiary alicyclic amines) is 2. The normalized spacial score (nSPS) is 35.1. The molecular weight excluding hydrogens is 232 g/mol. The van der Waals surface area contributed by atoms with Gasteiger partial charge in [-0.3, -0.25) is 9.80 Å². The lowest BCUT2D eigenvalue weighted by Crippen LogP contribution is -2.60. The van der Waals surface area contributed by atoms with Crippen molar-refractivity contribution in [3.8, 4) is 0 Å². The predicted molar refractivity (Wildman–Crippen MR) is 81.2 cm³/mol. The van der Waals surface area contributed by atoms with Gasteiger partial charge in [0.15, 0.2) is 0 Å². The van der Waals surface area contributed by atoms with Gasteiger partial charge in [0.05, 0.1) is 0 Å². The minimum absolute atomic E-state index is 0.528. The van der Waals surface area contributed by atoms with Gasteiger partial charge in [-0.2, -0.15) is 0 Å². The van der Waals surface area contributed by atoms with Crippen LogP contribution in [0.5, 0.6) is 0 Å². The summed E-state index contributed by atoms with van der Waals surface area (Å²) in [6.07, 6.45) is 2.98. The van der Waals surface area contributed by atoms with Crippen LogP contribution in [0.3, 0.4) is 0 Å². The highest BCUT2D eigenvalue weighted by Crippen LogP contribution is 2.48. The van der Waals surface area contributed by atoms with Gasteiger partial charge < -0.3 is 0 Å². The topological polar surface area (TPSA) is 6.48 Å². The Balaban J connectivity index is 1.50. The first-order valence-corrected chi connectivity index (χ1v) is 8.32. The van der Waals surface area contributed by atoms with Gasteiger partial charge in [0.25, 0.3) is 0 Å². The molecule has 0 bridgehead atoms. The molecule has 3 rings (SSSR count). The van der Waals surface area contributed by atoms with Crippen molar-refractivity contribution in [2.45, 2.75) is 59.5 Å². The van der Waals surface area contributed by atoms with E-state index in [9.17, 15) is 0 Å². The molecule has 2 atom stereocenters. The van der Waals surface area contributed by atoms with Gasteiger partial charge in [-0.05, 0) is 49.9 Å². The van der Waals surface area contributed by atoms with E-state index < -0.39 is 0 Å². The minimum atomic E-state index is 0.528. The molecular formula is C17H32N2. The molecule has 0 aromatic heterocycles. The second-order valence-electron chi connectivity index (χ2n) is 8.71. The molecule has 2 heteroatoms. The van der Waals surface area contributed by atoms with E-state index in [2.05, 4.69) is 44.4 Å². The summed E-state index contributed by atoms with van der Waals surface area (Å²) in [5, 5.41) is 0.